The number of aryl methyl sites for hydroxylation is 2. The Morgan fingerprint density at radius 3 is 2.76 bits per heavy atom. The standard InChI is InChI=1S/C12H21N3O2/c1-5-17-12(16)11(13-4)6-7-15-8-14-9(2)10(15)3/h8,11,13H,5-7H2,1-4H3. The summed E-state index contributed by atoms with van der Waals surface area (Å²) in [5.41, 5.74) is 2.17. The fraction of sp³-hybridized carbons (Fsp3) is 0.667. The maximum absolute atomic E-state index is 11.6. The predicted molar refractivity (Wildman–Crippen MR) is 65.8 cm³/mol. The highest BCUT2D eigenvalue weighted by molar-refractivity contribution is 5.75. The Hall–Kier alpha value is -1.36. The second kappa shape index (κ2) is 6.39. The third kappa shape index (κ3) is 3.56. The van der Waals surface area contributed by atoms with E-state index in [1.54, 1.807) is 7.05 Å². The van der Waals surface area contributed by atoms with E-state index in [4.69, 9.17) is 4.74 Å². The van der Waals surface area contributed by atoms with Crippen LogP contribution in [-0.4, -0.2) is 35.2 Å². The molecule has 1 atom stereocenters. The minimum atomic E-state index is -0.253. The van der Waals surface area contributed by atoms with E-state index in [9.17, 15) is 4.79 Å². The first kappa shape index (κ1) is 13.7. The van der Waals surface area contributed by atoms with Gasteiger partial charge in [0.15, 0.2) is 0 Å². The zero-order valence-electron chi connectivity index (χ0n) is 11.0. The summed E-state index contributed by atoms with van der Waals surface area (Å²) in [4.78, 5) is 15.8. The average molecular weight is 239 g/mol. The van der Waals surface area contributed by atoms with Crippen molar-refractivity contribution in [1.29, 1.82) is 0 Å². The van der Waals surface area contributed by atoms with E-state index >= 15 is 0 Å². The zero-order chi connectivity index (χ0) is 12.8. The van der Waals surface area contributed by atoms with E-state index in [-0.39, 0.29) is 12.0 Å². The summed E-state index contributed by atoms with van der Waals surface area (Å²) in [7, 11) is 1.77. The van der Waals surface area contributed by atoms with Crippen LogP contribution in [0.1, 0.15) is 24.7 Å². The highest BCUT2D eigenvalue weighted by atomic mass is 16.5. The highest BCUT2D eigenvalue weighted by Crippen LogP contribution is 2.06. The smallest absolute Gasteiger partial charge is 0.323 e. The van der Waals surface area contributed by atoms with E-state index in [0.29, 0.717) is 13.0 Å². The van der Waals surface area contributed by atoms with Gasteiger partial charge in [-0.05, 0) is 34.2 Å². The second-order valence-electron chi connectivity index (χ2n) is 3.99. The molecule has 96 valence electrons. The molecule has 0 saturated heterocycles. The molecule has 0 aliphatic rings. The number of hydrogen-bond donors (Lipinski definition) is 1. The molecule has 0 spiro atoms. The quantitative estimate of drug-likeness (QED) is 0.754. The maximum Gasteiger partial charge on any atom is 0.323 e. The van der Waals surface area contributed by atoms with Crippen LogP contribution in [-0.2, 0) is 16.1 Å². The molecule has 0 bridgehead atoms. The summed E-state index contributed by atoms with van der Waals surface area (Å²) >= 11 is 0. The van der Waals surface area contributed by atoms with Gasteiger partial charge in [0.25, 0.3) is 0 Å². The van der Waals surface area contributed by atoms with Crippen molar-refractivity contribution in [3.63, 3.8) is 0 Å². The van der Waals surface area contributed by atoms with E-state index in [0.717, 1.165) is 17.9 Å². The minimum Gasteiger partial charge on any atom is -0.465 e. The summed E-state index contributed by atoms with van der Waals surface area (Å²) in [6.45, 7) is 7.00. The Morgan fingerprint density at radius 2 is 2.29 bits per heavy atom. The summed E-state index contributed by atoms with van der Waals surface area (Å²) in [5.74, 6) is -0.190. The van der Waals surface area contributed by atoms with Crippen LogP contribution in [0, 0.1) is 13.8 Å². The Kier molecular flexibility index (Phi) is 5.15. The zero-order valence-corrected chi connectivity index (χ0v) is 11.0. The molecule has 0 fully saturated rings. The largest absolute Gasteiger partial charge is 0.465 e. The number of hydrogen-bond acceptors (Lipinski definition) is 4. The van der Waals surface area contributed by atoms with Crippen molar-refractivity contribution >= 4 is 5.97 Å². The van der Waals surface area contributed by atoms with Crippen LogP contribution >= 0.6 is 0 Å². The van der Waals surface area contributed by atoms with Crippen molar-refractivity contribution in [1.82, 2.24) is 14.9 Å². The molecular formula is C12H21N3O2. The molecule has 1 N–H and O–H groups in total. The van der Waals surface area contributed by atoms with Gasteiger partial charge in [-0.2, -0.15) is 0 Å². The molecule has 0 amide bonds. The van der Waals surface area contributed by atoms with Gasteiger partial charge in [0, 0.05) is 12.2 Å². The van der Waals surface area contributed by atoms with Crippen molar-refractivity contribution in [2.75, 3.05) is 13.7 Å². The molecule has 1 aromatic rings. The van der Waals surface area contributed by atoms with Gasteiger partial charge in [-0.25, -0.2) is 4.98 Å². The number of ether oxygens (including phenoxy) is 1. The summed E-state index contributed by atoms with van der Waals surface area (Å²) in [6, 6.07) is -0.253. The van der Waals surface area contributed by atoms with E-state index in [1.807, 2.05) is 27.1 Å². The van der Waals surface area contributed by atoms with Crippen molar-refractivity contribution in [3.8, 4) is 0 Å². The molecule has 0 radical (unpaired) electrons. The number of carbonyl (C=O) groups excluding carboxylic acids is 1. The number of carbonyl (C=O) groups is 1. The van der Waals surface area contributed by atoms with Crippen LogP contribution in [0.15, 0.2) is 6.33 Å². The molecule has 1 heterocycles. The summed E-state index contributed by atoms with van der Waals surface area (Å²) in [6.07, 6.45) is 2.51. The fourth-order valence-electron chi connectivity index (χ4n) is 1.66. The third-order valence-electron chi connectivity index (χ3n) is 2.92. The number of nitrogens with zero attached hydrogens (tertiary/aromatic N) is 2. The van der Waals surface area contributed by atoms with E-state index < -0.39 is 0 Å². The number of aromatic nitrogens is 2. The summed E-state index contributed by atoms with van der Waals surface area (Å²) in [5, 5.41) is 2.97. The lowest BCUT2D eigenvalue weighted by atomic mass is 10.2. The molecule has 0 aliphatic carbocycles. The predicted octanol–water partition coefficient (Wildman–Crippen LogP) is 1.04. The number of likely N-dealkylation sites (N-methyl/N-ethyl adjacent to an activating group) is 1. The van der Waals surface area contributed by atoms with Crippen molar-refractivity contribution in [2.24, 2.45) is 0 Å². The highest BCUT2D eigenvalue weighted by Gasteiger charge is 2.17. The van der Waals surface area contributed by atoms with Crippen molar-refractivity contribution in [3.05, 3.63) is 17.7 Å². The first-order valence-electron chi connectivity index (χ1n) is 5.92. The molecule has 1 unspecified atom stereocenters. The Balaban J connectivity index is 2.53. The normalized spacial score (nSPS) is 12.5. The number of nitrogens with one attached hydrogen (secondary N) is 1. The first-order valence-corrected chi connectivity index (χ1v) is 5.92. The number of imidazole rings is 1. The van der Waals surface area contributed by atoms with Gasteiger partial charge in [0.2, 0.25) is 0 Å². The first-order chi connectivity index (χ1) is 8.10. The third-order valence-corrected chi connectivity index (χ3v) is 2.92. The molecular weight excluding hydrogens is 218 g/mol. The van der Waals surface area contributed by atoms with Crippen LogP contribution in [0.5, 0.6) is 0 Å². The van der Waals surface area contributed by atoms with E-state index in [1.165, 1.54) is 0 Å². The minimum absolute atomic E-state index is 0.190. The average Bonchev–Trinajstić information content (AvgIpc) is 2.62. The van der Waals surface area contributed by atoms with Crippen LogP contribution in [0.2, 0.25) is 0 Å². The Morgan fingerprint density at radius 1 is 1.59 bits per heavy atom. The monoisotopic (exact) mass is 239 g/mol. The second-order valence-corrected chi connectivity index (χ2v) is 3.99. The Labute approximate surface area is 102 Å². The van der Waals surface area contributed by atoms with Gasteiger partial charge >= 0.3 is 5.97 Å². The Bertz CT molecular complexity index is 374. The molecule has 0 aromatic carbocycles. The van der Waals surface area contributed by atoms with Gasteiger partial charge in [0.1, 0.15) is 6.04 Å². The van der Waals surface area contributed by atoms with Gasteiger partial charge in [-0.3, -0.25) is 4.79 Å². The van der Waals surface area contributed by atoms with Gasteiger partial charge in [-0.1, -0.05) is 0 Å². The molecule has 0 saturated carbocycles. The van der Waals surface area contributed by atoms with E-state index in [2.05, 4.69) is 14.9 Å². The molecule has 17 heavy (non-hydrogen) atoms. The molecule has 1 aromatic heterocycles. The van der Waals surface area contributed by atoms with Crippen molar-refractivity contribution in [2.45, 2.75) is 39.8 Å². The fourth-order valence-corrected chi connectivity index (χ4v) is 1.66. The van der Waals surface area contributed by atoms with Crippen molar-refractivity contribution < 1.29 is 9.53 Å². The topological polar surface area (TPSA) is 56.2 Å². The lowest BCUT2D eigenvalue weighted by Crippen LogP contribution is -2.36. The van der Waals surface area contributed by atoms with Crippen LogP contribution in [0.4, 0.5) is 0 Å². The van der Waals surface area contributed by atoms with Gasteiger partial charge < -0.3 is 14.6 Å². The van der Waals surface area contributed by atoms with Crippen LogP contribution < -0.4 is 5.32 Å². The van der Waals surface area contributed by atoms with Crippen LogP contribution in [0.3, 0.4) is 0 Å². The lowest BCUT2D eigenvalue weighted by molar-refractivity contribution is -0.145. The number of esters is 1. The SMILES string of the molecule is CCOC(=O)C(CCn1cnc(C)c1C)NC. The maximum atomic E-state index is 11.6. The van der Waals surface area contributed by atoms with Gasteiger partial charge in [-0.15, -0.1) is 0 Å². The van der Waals surface area contributed by atoms with Crippen LogP contribution in [0.25, 0.3) is 0 Å². The molecule has 1 rings (SSSR count). The lowest BCUT2D eigenvalue weighted by Gasteiger charge is -2.15. The molecule has 5 heteroatoms. The molecule has 0 aliphatic heterocycles. The molecule has 5 nitrogen and oxygen atoms in total. The summed E-state index contributed by atoms with van der Waals surface area (Å²) < 4.78 is 7.05. The number of rotatable bonds is 6. The van der Waals surface area contributed by atoms with Gasteiger partial charge in [0.05, 0.1) is 18.6 Å².